The number of hydrogen-bond donors (Lipinski definition) is 1. The normalized spacial score (nSPS) is 10.7. The number of rotatable bonds is 2. The molecule has 6 heteroatoms. The summed E-state index contributed by atoms with van der Waals surface area (Å²) in [5.41, 5.74) is -0.0880. The molecule has 0 radical (unpaired) electrons. The number of phenols is 1. The Balaban J connectivity index is 2.76. The molecule has 1 N–H and O–H groups in total. The first kappa shape index (κ1) is 11.6. The van der Waals surface area contributed by atoms with Gasteiger partial charge in [0.2, 0.25) is 5.28 Å². The Labute approximate surface area is 101 Å². The maximum Gasteiger partial charge on any atom is 0.262 e. The number of fused-ring (bicyclic) bond motifs is 1. The second kappa shape index (κ2) is 4.18. The molecule has 0 unspecified atom stereocenters. The molecule has 0 spiro atoms. The zero-order chi connectivity index (χ0) is 12.6. The molecule has 17 heavy (non-hydrogen) atoms. The first-order chi connectivity index (χ1) is 7.99. The van der Waals surface area contributed by atoms with Gasteiger partial charge in [-0.25, -0.2) is 4.98 Å². The molecule has 0 fully saturated rings. The van der Waals surface area contributed by atoms with E-state index in [0.717, 1.165) is 4.57 Å². The zero-order valence-corrected chi connectivity index (χ0v) is 9.73. The van der Waals surface area contributed by atoms with E-state index in [9.17, 15) is 14.7 Å². The Hall–Kier alpha value is -1.88. The number of phenolic OH excluding ortho intramolecular Hbond substituents is 1. The average Bonchev–Trinajstić information content (AvgIpc) is 2.23. The van der Waals surface area contributed by atoms with E-state index in [1.54, 1.807) is 0 Å². The molecule has 1 heterocycles. The Kier molecular flexibility index (Phi) is 2.85. The molecule has 1 aromatic heterocycles. The zero-order valence-electron chi connectivity index (χ0n) is 8.98. The number of hydrogen-bond acceptors (Lipinski definition) is 4. The van der Waals surface area contributed by atoms with Crippen molar-refractivity contribution in [1.82, 2.24) is 9.55 Å². The highest BCUT2D eigenvalue weighted by Crippen LogP contribution is 2.17. The molecular weight excluding hydrogens is 244 g/mol. The van der Waals surface area contributed by atoms with Crippen molar-refractivity contribution in [3.8, 4) is 5.75 Å². The fourth-order valence-corrected chi connectivity index (χ4v) is 1.77. The van der Waals surface area contributed by atoms with Crippen LogP contribution in [0.4, 0.5) is 0 Å². The molecule has 0 aliphatic rings. The van der Waals surface area contributed by atoms with Gasteiger partial charge < -0.3 is 5.11 Å². The van der Waals surface area contributed by atoms with E-state index in [1.165, 1.54) is 25.1 Å². The van der Waals surface area contributed by atoms with Gasteiger partial charge in [-0.15, -0.1) is 0 Å². The van der Waals surface area contributed by atoms with E-state index in [-0.39, 0.29) is 23.4 Å². The van der Waals surface area contributed by atoms with Gasteiger partial charge in [-0.05, 0) is 30.7 Å². The molecule has 2 rings (SSSR count). The van der Waals surface area contributed by atoms with Crippen LogP contribution >= 0.6 is 11.6 Å². The number of halogens is 1. The van der Waals surface area contributed by atoms with E-state index in [0.29, 0.717) is 10.9 Å². The summed E-state index contributed by atoms with van der Waals surface area (Å²) >= 11 is 5.82. The van der Waals surface area contributed by atoms with Crippen molar-refractivity contribution in [2.24, 2.45) is 0 Å². The Morgan fingerprint density at radius 2 is 2.24 bits per heavy atom. The smallest absolute Gasteiger partial charge is 0.262 e. The van der Waals surface area contributed by atoms with Gasteiger partial charge in [0.25, 0.3) is 5.56 Å². The molecule has 0 aliphatic carbocycles. The van der Waals surface area contributed by atoms with Gasteiger partial charge in [0.05, 0.1) is 17.4 Å². The van der Waals surface area contributed by atoms with Crippen LogP contribution in [0.1, 0.15) is 6.92 Å². The molecular formula is C11H9ClN2O3. The third-order valence-corrected chi connectivity index (χ3v) is 2.56. The monoisotopic (exact) mass is 252 g/mol. The van der Waals surface area contributed by atoms with Crippen LogP contribution in [0.5, 0.6) is 5.75 Å². The van der Waals surface area contributed by atoms with Crippen LogP contribution in [0.25, 0.3) is 10.9 Å². The summed E-state index contributed by atoms with van der Waals surface area (Å²) in [5.74, 6) is -0.182. The summed E-state index contributed by atoms with van der Waals surface area (Å²) in [4.78, 5) is 27.0. The molecule has 0 bridgehead atoms. The van der Waals surface area contributed by atoms with Crippen molar-refractivity contribution >= 4 is 28.3 Å². The van der Waals surface area contributed by atoms with Crippen LogP contribution in [0.2, 0.25) is 5.28 Å². The van der Waals surface area contributed by atoms with Crippen molar-refractivity contribution in [2.75, 3.05) is 0 Å². The van der Waals surface area contributed by atoms with Gasteiger partial charge in [0, 0.05) is 6.07 Å². The van der Waals surface area contributed by atoms with Crippen LogP contribution in [-0.4, -0.2) is 20.4 Å². The Morgan fingerprint density at radius 1 is 1.53 bits per heavy atom. The third-order valence-electron chi connectivity index (χ3n) is 2.27. The Morgan fingerprint density at radius 3 is 2.88 bits per heavy atom. The van der Waals surface area contributed by atoms with Gasteiger partial charge in [0.15, 0.2) is 0 Å². The highest BCUT2D eigenvalue weighted by Gasteiger charge is 2.11. The summed E-state index contributed by atoms with van der Waals surface area (Å²) in [5, 5.41) is 9.53. The molecule has 0 saturated carbocycles. The lowest BCUT2D eigenvalue weighted by molar-refractivity contribution is -0.117. The minimum Gasteiger partial charge on any atom is -0.508 e. The van der Waals surface area contributed by atoms with Crippen LogP contribution in [0, 0.1) is 0 Å². The number of Topliss-reactive ketones (excluding diaryl/α,β-unsaturated/α-hetero) is 1. The molecule has 0 aliphatic heterocycles. The lowest BCUT2D eigenvalue weighted by Crippen LogP contribution is -2.25. The fourth-order valence-electron chi connectivity index (χ4n) is 1.54. The maximum atomic E-state index is 12.0. The lowest BCUT2D eigenvalue weighted by atomic mass is 10.2. The van der Waals surface area contributed by atoms with E-state index < -0.39 is 5.56 Å². The standard InChI is InChI=1S/C11H9ClN2O3/c1-6(15)5-14-10(17)8-3-2-7(16)4-9(8)13-11(14)12/h2-4,16H,5H2,1H3. The molecule has 0 saturated heterocycles. The predicted molar refractivity (Wildman–Crippen MR) is 63.4 cm³/mol. The van der Waals surface area contributed by atoms with Crippen molar-refractivity contribution in [1.29, 1.82) is 0 Å². The SMILES string of the molecule is CC(=O)Cn1c(Cl)nc2cc(O)ccc2c1=O. The van der Waals surface area contributed by atoms with Crippen LogP contribution < -0.4 is 5.56 Å². The number of aromatic nitrogens is 2. The second-order valence-electron chi connectivity index (χ2n) is 3.68. The molecule has 0 amide bonds. The number of benzene rings is 1. The van der Waals surface area contributed by atoms with Crippen molar-refractivity contribution < 1.29 is 9.90 Å². The minimum atomic E-state index is -0.393. The van der Waals surface area contributed by atoms with Gasteiger partial charge in [0.1, 0.15) is 11.5 Å². The Bertz CT molecular complexity index is 664. The van der Waals surface area contributed by atoms with Crippen molar-refractivity contribution in [3.63, 3.8) is 0 Å². The van der Waals surface area contributed by atoms with Crippen LogP contribution in [-0.2, 0) is 11.3 Å². The summed E-state index contributed by atoms with van der Waals surface area (Å²) in [6.45, 7) is 1.26. The van der Waals surface area contributed by atoms with Gasteiger partial charge >= 0.3 is 0 Å². The number of carbonyl (C=O) groups excluding carboxylic acids is 1. The fraction of sp³-hybridized carbons (Fsp3) is 0.182. The highest BCUT2D eigenvalue weighted by molar-refractivity contribution is 6.28. The molecule has 0 atom stereocenters. The quantitative estimate of drug-likeness (QED) is 0.819. The maximum absolute atomic E-state index is 12.0. The molecule has 2 aromatic rings. The van der Waals surface area contributed by atoms with Gasteiger partial charge in [-0.2, -0.15) is 0 Å². The summed E-state index contributed by atoms with van der Waals surface area (Å²) in [7, 11) is 0. The topological polar surface area (TPSA) is 72.2 Å². The van der Waals surface area contributed by atoms with E-state index >= 15 is 0 Å². The van der Waals surface area contributed by atoms with E-state index in [2.05, 4.69) is 4.98 Å². The highest BCUT2D eigenvalue weighted by atomic mass is 35.5. The molecule has 1 aromatic carbocycles. The largest absolute Gasteiger partial charge is 0.508 e. The third kappa shape index (κ3) is 2.14. The minimum absolute atomic E-state index is 0.00443. The summed E-state index contributed by atoms with van der Waals surface area (Å²) < 4.78 is 1.10. The van der Waals surface area contributed by atoms with Crippen LogP contribution in [0.3, 0.4) is 0 Å². The number of carbonyl (C=O) groups is 1. The summed E-state index contributed by atoms with van der Waals surface area (Å²) in [6.07, 6.45) is 0. The van der Waals surface area contributed by atoms with Gasteiger partial charge in [-0.1, -0.05) is 0 Å². The number of nitrogens with zero attached hydrogens (tertiary/aromatic N) is 2. The first-order valence-corrected chi connectivity index (χ1v) is 5.25. The van der Waals surface area contributed by atoms with Gasteiger partial charge in [-0.3, -0.25) is 14.2 Å². The lowest BCUT2D eigenvalue weighted by Gasteiger charge is -2.07. The average molecular weight is 253 g/mol. The molecule has 88 valence electrons. The van der Waals surface area contributed by atoms with E-state index in [1.807, 2.05) is 0 Å². The number of aromatic hydroxyl groups is 1. The molecule has 5 nitrogen and oxygen atoms in total. The predicted octanol–water partition coefficient (Wildman–Crippen LogP) is 1.34. The van der Waals surface area contributed by atoms with Crippen molar-refractivity contribution in [2.45, 2.75) is 13.5 Å². The number of ketones is 1. The second-order valence-corrected chi connectivity index (χ2v) is 4.01. The van der Waals surface area contributed by atoms with Crippen molar-refractivity contribution in [3.05, 3.63) is 33.8 Å². The van der Waals surface area contributed by atoms with Crippen LogP contribution in [0.15, 0.2) is 23.0 Å². The first-order valence-electron chi connectivity index (χ1n) is 4.87. The van der Waals surface area contributed by atoms with E-state index in [4.69, 9.17) is 11.6 Å². The summed E-state index contributed by atoms with van der Waals surface area (Å²) in [6, 6.07) is 4.19.